The first-order valence-electron chi connectivity index (χ1n) is 6.99. The molecule has 5 nitrogen and oxygen atoms in total. The zero-order valence-electron chi connectivity index (χ0n) is 12.7. The van der Waals surface area contributed by atoms with Gasteiger partial charge < -0.3 is 5.11 Å². The summed E-state index contributed by atoms with van der Waals surface area (Å²) in [5.41, 5.74) is -2.30. The van der Waals surface area contributed by atoms with E-state index < -0.39 is 38.8 Å². The summed E-state index contributed by atoms with van der Waals surface area (Å²) in [7, 11) is -4.43. The number of hydrogen-bond donors (Lipinski definition) is 1. The van der Waals surface area contributed by atoms with Crippen LogP contribution in [-0.2, 0) is 16.2 Å². The average Bonchev–Trinajstić information content (AvgIpc) is 2.94. The van der Waals surface area contributed by atoms with Crippen LogP contribution in [0.5, 0.6) is 0 Å². The Morgan fingerprint density at radius 2 is 1.69 bits per heavy atom. The van der Waals surface area contributed by atoms with Crippen LogP contribution in [0.25, 0.3) is 10.9 Å². The summed E-state index contributed by atoms with van der Waals surface area (Å²) in [4.78, 5) is 11.3. The van der Waals surface area contributed by atoms with Crippen LogP contribution in [0.3, 0.4) is 0 Å². The van der Waals surface area contributed by atoms with Gasteiger partial charge in [0.2, 0.25) is 0 Å². The number of fused-ring (bicyclic) bond motifs is 1. The van der Waals surface area contributed by atoms with Crippen LogP contribution in [0.4, 0.5) is 13.2 Å². The van der Waals surface area contributed by atoms with Gasteiger partial charge >= 0.3 is 12.1 Å². The van der Waals surface area contributed by atoms with Gasteiger partial charge in [0.15, 0.2) is 0 Å². The number of aromatic nitrogens is 1. The van der Waals surface area contributed by atoms with Crippen LogP contribution in [0.1, 0.15) is 16.1 Å². The molecular formula is C16H9BrF3NO4S. The maximum Gasteiger partial charge on any atom is 0.417 e. The minimum absolute atomic E-state index is 0.0307. The van der Waals surface area contributed by atoms with Crippen molar-refractivity contribution in [3.05, 3.63) is 64.3 Å². The Hall–Kier alpha value is -2.33. The molecule has 0 aliphatic heterocycles. The van der Waals surface area contributed by atoms with E-state index >= 15 is 0 Å². The molecule has 0 fully saturated rings. The van der Waals surface area contributed by atoms with Gasteiger partial charge in [-0.3, -0.25) is 0 Å². The Morgan fingerprint density at radius 3 is 2.23 bits per heavy atom. The number of halogens is 4. The van der Waals surface area contributed by atoms with E-state index in [1.54, 1.807) is 6.07 Å². The van der Waals surface area contributed by atoms with E-state index in [2.05, 4.69) is 15.9 Å². The molecule has 2 aromatic carbocycles. The van der Waals surface area contributed by atoms with Gasteiger partial charge in [-0.05, 0) is 30.3 Å². The third kappa shape index (κ3) is 2.99. The van der Waals surface area contributed by atoms with Crippen LogP contribution in [-0.4, -0.2) is 23.5 Å². The Labute approximate surface area is 153 Å². The number of benzene rings is 2. The van der Waals surface area contributed by atoms with Gasteiger partial charge in [0.25, 0.3) is 10.0 Å². The maximum absolute atomic E-state index is 13.3. The molecule has 0 unspecified atom stereocenters. The van der Waals surface area contributed by atoms with Gasteiger partial charge in [0.1, 0.15) is 5.69 Å². The third-order valence-electron chi connectivity index (χ3n) is 3.65. The first-order valence-corrected chi connectivity index (χ1v) is 9.23. The monoisotopic (exact) mass is 447 g/mol. The zero-order valence-corrected chi connectivity index (χ0v) is 15.1. The molecule has 26 heavy (non-hydrogen) atoms. The second-order valence-corrected chi connectivity index (χ2v) is 8.00. The number of alkyl halides is 3. The molecule has 0 aliphatic carbocycles. The van der Waals surface area contributed by atoms with E-state index in [-0.39, 0.29) is 14.9 Å². The van der Waals surface area contributed by atoms with Gasteiger partial charge in [0.05, 0.1) is 16.0 Å². The van der Waals surface area contributed by atoms with Gasteiger partial charge in [-0.25, -0.2) is 17.2 Å². The number of nitrogens with zero attached hydrogens (tertiary/aromatic N) is 1. The Kier molecular flexibility index (Phi) is 4.35. The highest BCUT2D eigenvalue weighted by atomic mass is 79.9. The summed E-state index contributed by atoms with van der Waals surface area (Å²) >= 11 is 2.92. The molecule has 0 radical (unpaired) electrons. The topological polar surface area (TPSA) is 76.4 Å². The molecule has 3 aromatic rings. The van der Waals surface area contributed by atoms with Crippen molar-refractivity contribution in [3.8, 4) is 0 Å². The smallest absolute Gasteiger partial charge is 0.417 e. The van der Waals surface area contributed by atoms with E-state index in [1.165, 1.54) is 24.3 Å². The molecule has 0 saturated carbocycles. The molecule has 1 N–H and O–H groups in total. The van der Waals surface area contributed by atoms with Crippen molar-refractivity contribution in [2.45, 2.75) is 11.1 Å². The minimum Gasteiger partial charge on any atom is -0.477 e. The summed E-state index contributed by atoms with van der Waals surface area (Å²) in [5, 5.41) is 8.85. The van der Waals surface area contributed by atoms with Gasteiger partial charge in [-0.15, -0.1) is 0 Å². The lowest BCUT2D eigenvalue weighted by Gasteiger charge is -2.12. The van der Waals surface area contributed by atoms with Crippen molar-refractivity contribution >= 4 is 42.8 Å². The van der Waals surface area contributed by atoms with Crippen molar-refractivity contribution in [3.63, 3.8) is 0 Å². The van der Waals surface area contributed by atoms with Crippen molar-refractivity contribution in [2.24, 2.45) is 0 Å². The molecule has 0 atom stereocenters. The largest absolute Gasteiger partial charge is 0.477 e. The summed E-state index contributed by atoms with van der Waals surface area (Å²) in [5.74, 6) is -1.66. The van der Waals surface area contributed by atoms with Crippen molar-refractivity contribution < 1.29 is 31.5 Å². The molecular weight excluding hydrogens is 439 g/mol. The van der Waals surface area contributed by atoms with E-state index in [1.807, 2.05) is 0 Å². The minimum atomic E-state index is -4.79. The number of carboxylic acids is 1. The average molecular weight is 448 g/mol. The molecule has 0 bridgehead atoms. The van der Waals surface area contributed by atoms with Crippen LogP contribution in [0.15, 0.2) is 57.9 Å². The number of hydrogen-bond acceptors (Lipinski definition) is 3. The molecule has 1 aromatic heterocycles. The van der Waals surface area contributed by atoms with E-state index in [0.717, 1.165) is 12.1 Å². The summed E-state index contributed by atoms with van der Waals surface area (Å²) in [6.07, 6.45) is -4.79. The molecule has 0 amide bonds. The maximum atomic E-state index is 13.3. The number of carboxylic acid groups (broad SMARTS) is 1. The number of rotatable bonds is 3. The lowest BCUT2D eigenvalue weighted by Crippen LogP contribution is -2.18. The third-order valence-corrected chi connectivity index (χ3v) is 5.85. The van der Waals surface area contributed by atoms with Crippen LogP contribution in [0, 0.1) is 0 Å². The van der Waals surface area contributed by atoms with Crippen molar-refractivity contribution in [2.75, 3.05) is 0 Å². The summed E-state index contributed by atoms with van der Waals surface area (Å²) < 4.78 is 66.2. The highest BCUT2D eigenvalue weighted by Gasteiger charge is 2.36. The standard InChI is InChI=1S/C16H9BrF3NO4S/c17-9-6-12(16(18,19)20)11-8-14(15(22)23)21(13(11)7-9)26(24,25)10-4-2-1-3-5-10/h1-8H,(H,22,23). The first-order chi connectivity index (χ1) is 12.0. The normalized spacial score (nSPS) is 12.5. The van der Waals surface area contributed by atoms with Gasteiger partial charge in [-0.1, -0.05) is 34.1 Å². The molecule has 0 aliphatic rings. The van der Waals surface area contributed by atoms with Crippen molar-refractivity contribution in [1.29, 1.82) is 0 Å². The number of aromatic carboxylic acids is 1. The van der Waals surface area contributed by atoms with E-state index in [4.69, 9.17) is 0 Å². The van der Waals surface area contributed by atoms with Crippen LogP contribution < -0.4 is 0 Å². The van der Waals surface area contributed by atoms with E-state index in [0.29, 0.717) is 10.0 Å². The van der Waals surface area contributed by atoms with Crippen LogP contribution in [0.2, 0.25) is 0 Å². The first kappa shape index (κ1) is 18.5. The quantitative estimate of drug-likeness (QED) is 0.646. The highest BCUT2D eigenvalue weighted by Crippen LogP contribution is 2.39. The fraction of sp³-hybridized carbons (Fsp3) is 0.0625. The van der Waals surface area contributed by atoms with Gasteiger partial charge in [0, 0.05) is 9.86 Å². The summed E-state index contributed by atoms with van der Waals surface area (Å²) in [6, 6.07) is 9.50. The SMILES string of the molecule is O=C(O)c1cc2c(C(F)(F)F)cc(Br)cc2n1S(=O)(=O)c1ccccc1. The molecule has 1 heterocycles. The molecule has 136 valence electrons. The zero-order chi connectivity index (χ0) is 19.3. The predicted octanol–water partition coefficient (Wildman–Crippen LogP) is 4.36. The molecule has 0 spiro atoms. The van der Waals surface area contributed by atoms with E-state index in [9.17, 15) is 31.5 Å². The highest BCUT2D eigenvalue weighted by molar-refractivity contribution is 9.10. The lowest BCUT2D eigenvalue weighted by molar-refractivity contribution is -0.136. The Balaban J connectivity index is 2.48. The summed E-state index contributed by atoms with van der Waals surface area (Å²) in [6.45, 7) is 0. The lowest BCUT2D eigenvalue weighted by atomic mass is 10.1. The second kappa shape index (κ2) is 6.13. The van der Waals surface area contributed by atoms with Crippen molar-refractivity contribution in [1.82, 2.24) is 3.97 Å². The van der Waals surface area contributed by atoms with Gasteiger partial charge in [-0.2, -0.15) is 13.2 Å². The molecule has 10 heteroatoms. The predicted molar refractivity (Wildman–Crippen MR) is 90.6 cm³/mol. The van der Waals surface area contributed by atoms with Crippen LogP contribution >= 0.6 is 15.9 Å². The second-order valence-electron chi connectivity index (χ2n) is 5.30. The molecule has 3 rings (SSSR count). The molecule has 0 saturated heterocycles. The Bertz CT molecular complexity index is 1120. The fourth-order valence-corrected chi connectivity index (χ4v) is 4.55. The Morgan fingerprint density at radius 1 is 1.08 bits per heavy atom. The number of carbonyl (C=O) groups is 1. The fourth-order valence-electron chi connectivity index (χ4n) is 2.59.